The fourth-order valence-electron chi connectivity index (χ4n) is 1.95. The molecule has 2 aromatic rings. The lowest BCUT2D eigenvalue weighted by Crippen LogP contribution is -2.03. The zero-order chi connectivity index (χ0) is 19.8. The Morgan fingerprint density at radius 3 is 2.63 bits per heavy atom. The molecule has 27 heavy (non-hydrogen) atoms. The van der Waals surface area contributed by atoms with E-state index in [9.17, 15) is 14.9 Å². The highest BCUT2D eigenvalue weighted by Gasteiger charge is 2.16. The molecular weight excluding hydrogens is 415 g/mol. The number of halogens is 2. The Morgan fingerprint density at radius 2 is 2.00 bits per heavy atom. The number of ether oxygens (including phenoxy) is 1. The maximum Gasteiger partial charge on any atom is 0.315 e. The first kappa shape index (κ1) is 21.0. The highest BCUT2D eigenvalue weighted by atomic mass is 35.5. The number of nitro groups is 1. The third kappa shape index (κ3) is 6.13. The minimum atomic E-state index is -0.526. The molecule has 142 valence electrons. The lowest BCUT2D eigenvalue weighted by atomic mass is 10.2. The first-order valence-corrected chi connectivity index (χ1v) is 9.22. The van der Waals surface area contributed by atoms with Gasteiger partial charge < -0.3 is 9.57 Å². The Hall–Kier alpha value is -2.29. The Balaban J connectivity index is 2.05. The SMILES string of the molecule is COC(=O)CSc1ccc(/C=N\OCc2c(Cl)cccc2Cl)cc1[N+](=O)[O-]. The summed E-state index contributed by atoms with van der Waals surface area (Å²) in [5.41, 5.74) is 0.926. The van der Waals surface area contributed by atoms with Crippen LogP contribution in [0, 0.1) is 10.1 Å². The van der Waals surface area contributed by atoms with E-state index in [0.29, 0.717) is 26.1 Å². The van der Waals surface area contributed by atoms with Crippen molar-refractivity contribution in [3.8, 4) is 0 Å². The summed E-state index contributed by atoms with van der Waals surface area (Å²) in [7, 11) is 1.26. The number of benzene rings is 2. The molecule has 0 spiro atoms. The molecule has 0 aromatic heterocycles. The molecule has 2 rings (SSSR count). The van der Waals surface area contributed by atoms with Gasteiger partial charge in [-0.05, 0) is 18.2 Å². The van der Waals surface area contributed by atoms with Crippen LogP contribution in [0.4, 0.5) is 5.69 Å². The van der Waals surface area contributed by atoms with Crippen LogP contribution in [-0.2, 0) is 21.0 Å². The van der Waals surface area contributed by atoms with Gasteiger partial charge in [0, 0.05) is 27.2 Å². The van der Waals surface area contributed by atoms with Crippen molar-refractivity contribution in [2.45, 2.75) is 11.5 Å². The average molecular weight is 429 g/mol. The van der Waals surface area contributed by atoms with Crippen molar-refractivity contribution < 1.29 is 19.3 Å². The Bertz CT molecular complexity index is 856. The summed E-state index contributed by atoms with van der Waals surface area (Å²) in [6, 6.07) is 9.60. The van der Waals surface area contributed by atoms with Gasteiger partial charge in [-0.25, -0.2) is 0 Å². The first-order valence-electron chi connectivity index (χ1n) is 7.48. The highest BCUT2D eigenvalue weighted by Crippen LogP contribution is 2.30. The van der Waals surface area contributed by atoms with Gasteiger partial charge in [-0.1, -0.05) is 40.5 Å². The smallest absolute Gasteiger partial charge is 0.315 e. The summed E-state index contributed by atoms with van der Waals surface area (Å²) in [5, 5.41) is 16.0. The van der Waals surface area contributed by atoms with Crippen molar-refractivity contribution >= 4 is 52.8 Å². The number of nitrogens with zero attached hydrogens (tertiary/aromatic N) is 2. The number of methoxy groups -OCH3 is 1. The molecule has 2 aromatic carbocycles. The van der Waals surface area contributed by atoms with E-state index in [-0.39, 0.29) is 18.0 Å². The van der Waals surface area contributed by atoms with E-state index in [1.54, 1.807) is 24.3 Å². The molecule has 0 saturated carbocycles. The number of carbonyl (C=O) groups excluding carboxylic acids is 1. The number of thioether (sulfide) groups is 1. The minimum Gasteiger partial charge on any atom is -0.468 e. The van der Waals surface area contributed by atoms with Crippen LogP contribution < -0.4 is 0 Å². The molecule has 0 unspecified atom stereocenters. The Labute approximate surface area is 169 Å². The number of hydrogen-bond acceptors (Lipinski definition) is 7. The third-order valence-electron chi connectivity index (χ3n) is 3.30. The van der Waals surface area contributed by atoms with E-state index in [2.05, 4.69) is 9.89 Å². The molecule has 0 heterocycles. The van der Waals surface area contributed by atoms with Crippen LogP contribution in [0.25, 0.3) is 0 Å². The van der Waals surface area contributed by atoms with Gasteiger partial charge in [0.15, 0.2) is 0 Å². The van der Waals surface area contributed by atoms with Crippen molar-refractivity contribution in [1.82, 2.24) is 0 Å². The van der Waals surface area contributed by atoms with Crippen LogP contribution in [0.2, 0.25) is 10.0 Å². The molecule has 0 aliphatic heterocycles. The van der Waals surface area contributed by atoms with Gasteiger partial charge in [-0.15, -0.1) is 11.8 Å². The van der Waals surface area contributed by atoms with Crippen molar-refractivity contribution in [3.63, 3.8) is 0 Å². The number of nitro benzene ring substituents is 1. The van der Waals surface area contributed by atoms with Crippen molar-refractivity contribution in [3.05, 3.63) is 67.7 Å². The van der Waals surface area contributed by atoms with Crippen molar-refractivity contribution in [2.75, 3.05) is 12.9 Å². The largest absolute Gasteiger partial charge is 0.468 e. The molecule has 0 atom stereocenters. The lowest BCUT2D eigenvalue weighted by Gasteiger charge is -2.05. The van der Waals surface area contributed by atoms with Crippen LogP contribution in [0.3, 0.4) is 0 Å². The van der Waals surface area contributed by atoms with Crippen molar-refractivity contribution in [1.29, 1.82) is 0 Å². The van der Waals surface area contributed by atoms with E-state index < -0.39 is 10.9 Å². The summed E-state index contributed by atoms with van der Waals surface area (Å²) in [5.74, 6) is -0.487. The summed E-state index contributed by atoms with van der Waals surface area (Å²) >= 11 is 13.1. The fraction of sp³-hybridized carbons (Fsp3) is 0.176. The van der Waals surface area contributed by atoms with Gasteiger partial charge in [-0.2, -0.15) is 0 Å². The molecule has 0 bridgehead atoms. The average Bonchev–Trinajstić information content (AvgIpc) is 2.65. The topological polar surface area (TPSA) is 91.0 Å². The molecular formula is C17H14Cl2N2O5S. The monoisotopic (exact) mass is 428 g/mol. The van der Waals surface area contributed by atoms with Gasteiger partial charge in [-0.3, -0.25) is 14.9 Å². The molecule has 7 nitrogen and oxygen atoms in total. The van der Waals surface area contributed by atoms with E-state index in [0.717, 1.165) is 11.8 Å². The number of carbonyl (C=O) groups is 1. The highest BCUT2D eigenvalue weighted by molar-refractivity contribution is 8.00. The van der Waals surface area contributed by atoms with Gasteiger partial charge in [0.2, 0.25) is 0 Å². The summed E-state index contributed by atoms with van der Waals surface area (Å²) < 4.78 is 4.53. The summed E-state index contributed by atoms with van der Waals surface area (Å²) in [6.45, 7) is 0.0597. The second kappa shape index (κ2) is 10.1. The number of oxime groups is 1. The number of hydrogen-bond donors (Lipinski definition) is 0. The van der Waals surface area contributed by atoms with Crippen LogP contribution >= 0.6 is 35.0 Å². The summed E-state index contributed by atoms with van der Waals surface area (Å²) in [4.78, 5) is 27.5. The molecule has 0 amide bonds. The Kier molecular flexibility index (Phi) is 7.90. The number of esters is 1. The quantitative estimate of drug-likeness (QED) is 0.198. The van der Waals surface area contributed by atoms with Gasteiger partial charge in [0.25, 0.3) is 5.69 Å². The van der Waals surface area contributed by atoms with Crippen LogP contribution in [0.15, 0.2) is 46.4 Å². The second-order valence-corrected chi connectivity index (χ2v) is 6.89. The van der Waals surface area contributed by atoms with Gasteiger partial charge in [0.1, 0.15) is 6.61 Å². The second-order valence-electron chi connectivity index (χ2n) is 5.06. The minimum absolute atomic E-state index is 0.0213. The van der Waals surface area contributed by atoms with E-state index >= 15 is 0 Å². The fourth-order valence-corrected chi connectivity index (χ4v) is 3.29. The molecule has 0 N–H and O–H groups in total. The molecule has 0 radical (unpaired) electrons. The zero-order valence-corrected chi connectivity index (χ0v) is 16.4. The van der Waals surface area contributed by atoms with E-state index in [1.807, 2.05) is 0 Å². The maximum atomic E-state index is 11.2. The van der Waals surface area contributed by atoms with Crippen LogP contribution in [-0.4, -0.2) is 30.0 Å². The van der Waals surface area contributed by atoms with Gasteiger partial charge >= 0.3 is 5.97 Å². The standard InChI is InChI=1S/C17H14Cl2N2O5S/c1-25-17(22)10-27-16-6-5-11(7-15(16)21(23)24)8-20-26-9-12-13(18)3-2-4-14(12)19/h2-8H,9-10H2,1H3/b20-8-. The third-order valence-corrected chi connectivity index (χ3v) is 5.04. The first-order chi connectivity index (χ1) is 12.9. The molecule has 0 aliphatic rings. The lowest BCUT2D eigenvalue weighted by molar-refractivity contribution is -0.387. The van der Waals surface area contributed by atoms with Gasteiger partial charge in [0.05, 0.1) is 28.9 Å². The van der Waals surface area contributed by atoms with E-state index in [4.69, 9.17) is 28.0 Å². The van der Waals surface area contributed by atoms with Crippen LogP contribution in [0.1, 0.15) is 11.1 Å². The molecule has 0 saturated heterocycles. The predicted octanol–water partition coefficient (Wildman–Crippen LogP) is 4.72. The number of rotatable bonds is 8. The molecule has 0 aliphatic carbocycles. The van der Waals surface area contributed by atoms with Crippen LogP contribution in [0.5, 0.6) is 0 Å². The van der Waals surface area contributed by atoms with Crippen molar-refractivity contribution in [2.24, 2.45) is 5.16 Å². The summed E-state index contributed by atoms with van der Waals surface area (Å²) in [6.07, 6.45) is 1.34. The maximum absolute atomic E-state index is 11.2. The predicted molar refractivity (Wildman–Crippen MR) is 105 cm³/mol. The van der Waals surface area contributed by atoms with E-state index in [1.165, 1.54) is 25.5 Å². The zero-order valence-electron chi connectivity index (χ0n) is 14.1. The molecule has 10 heteroatoms. The normalized spacial score (nSPS) is 10.8. The molecule has 0 fully saturated rings. The Morgan fingerprint density at radius 1 is 1.30 bits per heavy atom.